The largest absolute Gasteiger partial charge is 0.395 e. The summed E-state index contributed by atoms with van der Waals surface area (Å²) < 4.78 is 41.9. The number of nitrogens with one attached hydrogen (secondary N) is 3. The number of β-amino-alcohol motifs (C(OH)–C–C–N with tert-alkyl or cyclic N) is 1. The van der Waals surface area contributed by atoms with Crippen molar-refractivity contribution >= 4 is 44.9 Å². The molecule has 2 amide bonds. The number of aliphatic hydroxyl groups excluding tert-OH is 1. The van der Waals surface area contributed by atoms with E-state index in [1.807, 2.05) is 0 Å². The monoisotopic (exact) mass is 512 g/mol. The lowest BCUT2D eigenvalue weighted by atomic mass is 10.1. The first-order valence-corrected chi connectivity index (χ1v) is 11.6. The minimum atomic E-state index is -1.15. The highest BCUT2D eigenvalue weighted by atomic mass is 19.1. The van der Waals surface area contributed by atoms with E-state index in [0.29, 0.717) is 61.4 Å². The van der Waals surface area contributed by atoms with E-state index in [1.54, 1.807) is 23.1 Å². The Morgan fingerprint density at radius 3 is 2.46 bits per heavy atom. The molecule has 1 fully saturated rings. The van der Waals surface area contributed by atoms with Crippen molar-refractivity contribution in [2.45, 2.75) is 0 Å². The number of rotatable bonds is 5. The van der Waals surface area contributed by atoms with Gasteiger partial charge in [0.05, 0.1) is 17.5 Å². The standard InChI is InChI=1S/C25H23F3N6O3/c26-14-11-18(27)22(19(28)12-14)32-23-16-3-4-29-24(36)21(16)17-13-15(1-2-20(17)31-23)30-25(37)34-7-5-33(6-8-34)9-10-35/h1-4,11-13,35H,5-10H2,(H,29,36)(H,30,37)(H,31,32). The fraction of sp³-hybridized carbons (Fsp3) is 0.240. The van der Waals surface area contributed by atoms with Crippen LogP contribution >= 0.6 is 0 Å². The molecule has 2 aromatic carbocycles. The number of carbonyl (C=O) groups is 1. The Morgan fingerprint density at radius 1 is 1.03 bits per heavy atom. The van der Waals surface area contributed by atoms with Crippen molar-refractivity contribution < 1.29 is 23.1 Å². The fourth-order valence-electron chi connectivity index (χ4n) is 4.43. The van der Waals surface area contributed by atoms with Crippen molar-refractivity contribution in [3.05, 3.63) is 70.4 Å². The molecular weight excluding hydrogens is 489 g/mol. The zero-order valence-corrected chi connectivity index (χ0v) is 19.5. The second kappa shape index (κ2) is 10.1. The third-order valence-corrected chi connectivity index (χ3v) is 6.29. The van der Waals surface area contributed by atoms with Crippen LogP contribution in [0.3, 0.4) is 0 Å². The number of anilines is 3. The summed E-state index contributed by atoms with van der Waals surface area (Å²) in [5.41, 5.74) is -0.280. The number of piperazine rings is 1. The zero-order chi connectivity index (χ0) is 26.1. The maximum absolute atomic E-state index is 14.3. The van der Waals surface area contributed by atoms with E-state index in [-0.39, 0.29) is 29.2 Å². The van der Waals surface area contributed by atoms with Crippen LogP contribution in [0.2, 0.25) is 0 Å². The van der Waals surface area contributed by atoms with Crippen LogP contribution in [0.15, 0.2) is 47.4 Å². The van der Waals surface area contributed by atoms with Crippen LogP contribution in [0.1, 0.15) is 0 Å². The van der Waals surface area contributed by atoms with Crippen molar-refractivity contribution in [3.63, 3.8) is 0 Å². The Hall–Kier alpha value is -4.16. The number of halogens is 3. The first-order chi connectivity index (χ1) is 17.8. The SMILES string of the molecule is O=C(Nc1ccc2nc(Nc3c(F)cc(F)cc3F)c3cc[nH]c(=O)c3c2c1)N1CCN(CCO)CC1. The smallest absolute Gasteiger partial charge is 0.321 e. The topological polar surface area (TPSA) is 114 Å². The predicted molar refractivity (Wildman–Crippen MR) is 134 cm³/mol. The maximum atomic E-state index is 14.3. The summed E-state index contributed by atoms with van der Waals surface area (Å²) in [7, 11) is 0. The van der Waals surface area contributed by atoms with Gasteiger partial charge in [0.15, 0.2) is 11.6 Å². The number of aromatic amines is 1. The van der Waals surface area contributed by atoms with Gasteiger partial charge in [-0.05, 0) is 24.3 Å². The summed E-state index contributed by atoms with van der Waals surface area (Å²) in [4.78, 5) is 36.4. The first-order valence-electron chi connectivity index (χ1n) is 11.6. The van der Waals surface area contributed by atoms with Gasteiger partial charge in [0.2, 0.25) is 0 Å². The number of amides is 2. The molecule has 4 aromatic rings. The highest BCUT2D eigenvalue weighted by Gasteiger charge is 2.21. The average Bonchev–Trinajstić information content (AvgIpc) is 2.87. The molecule has 4 N–H and O–H groups in total. The van der Waals surface area contributed by atoms with Gasteiger partial charge in [0.1, 0.15) is 17.3 Å². The number of hydrogen-bond acceptors (Lipinski definition) is 6. The summed E-state index contributed by atoms with van der Waals surface area (Å²) in [6.45, 7) is 2.95. The molecule has 2 aromatic heterocycles. The van der Waals surface area contributed by atoms with Gasteiger partial charge >= 0.3 is 6.03 Å². The second-order valence-electron chi connectivity index (χ2n) is 8.64. The van der Waals surface area contributed by atoms with E-state index in [1.165, 1.54) is 12.3 Å². The minimum absolute atomic E-state index is 0.00976. The quantitative estimate of drug-likeness (QED) is 0.305. The Morgan fingerprint density at radius 2 is 1.76 bits per heavy atom. The molecule has 1 aliphatic rings. The highest BCUT2D eigenvalue weighted by Crippen LogP contribution is 2.32. The van der Waals surface area contributed by atoms with Crippen LogP contribution in [-0.4, -0.2) is 70.2 Å². The highest BCUT2D eigenvalue weighted by molar-refractivity contribution is 6.11. The van der Waals surface area contributed by atoms with Crippen molar-refractivity contribution in [2.24, 2.45) is 0 Å². The molecule has 0 bridgehead atoms. The number of fused-ring (bicyclic) bond motifs is 3. The Labute approximate surface area is 208 Å². The van der Waals surface area contributed by atoms with Gasteiger partial charge in [-0.25, -0.2) is 22.9 Å². The number of aliphatic hydroxyl groups is 1. The molecule has 192 valence electrons. The zero-order valence-electron chi connectivity index (χ0n) is 19.5. The van der Waals surface area contributed by atoms with E-state index < -0.39 is 28.7 Å². The summed E-state index contributed by atoms with van der Waals surface area (Å²) in [5.74, 6) is -3.34. The number of benzene rings is 2. The van der Waals surface area contributed by atoms with Gasteiger partial charge < -0.3 is 25.6 Å². The molecule has 3 heterocycles. The van der Waals surface area contributed by atoms with Crippen LogP contribution in [0.5, 0.6) is 0 Å². The normalized spacial score (nSPS) is 14.3. The lowest BCUT2D eigenvalue weighted by Gasteiger charge is -2.34. The van der Waals surface area contributed by atoms with E-state index in [9.17, 15) is 22.8 Å². The summed E-state index contributed by atoms with van der Waals surface area (Å²) >= 11 is 0. The van der Waals surface area contributed by atoms with E-state index >= 15 is 0 Å². The number of H-pyrrole nitrogens is 1. The molecule has 12 heteroatoms. The van der Waals surface area contributed by atoms with E-state index in [2.05, 4.69) is 25.5 Å². The molecule has 1 saturated heterocycles. The van der Waals surface area contributed by atoms with Crippen molar-refractivity contribution in [2.75, 3.05) is 50.0 Å². The number of urea groups is 1. The molecule has 9 nitrogen and oxygen atoms in total. The average molecular weight is 512 g/mol. The molecule has 0 radical (unpaired) electrons. The van der Waals surface area contributed by atoms with Gasteiger partial charge in [-0.2, -0.15) is 0 Å². The van der Waals surface area contributed by atoms with Gasteiger partial charge in [-0.15, -0.1) is 0 Å². The molecule has 0 unspecified atom stereocenters. The summed E-state index contributed by atoms with van der Waals surface area (Å²) in [6, 6.07) is 7.13. The second-order valence-corrected chi connectivity index (χ2v) is 8.64. The Bertz CT molecular complexity index is 1530. The van der Waals surface area contributed by atoms with E-state index in [4.69, 9.17) is 5.11 Å². The molecule has 0 aliphatic carbocycles. The number of pyridine rings is 2. The van der Waals surface area contributed by atoms with Crippen molar-refractivity contribution in [3.8, 4) is 0 Å². The molecular formula is C25H23F3N6O3. The van der Waals surface area contributed by atoms with Gasteiger partial charge in [0.25, 0.3) is 5.56 Å². The molecule has 1 aliphatic heterocycles. The van der Waals surface area contributed by atoms with Gasteiger partial charge in [-0.1, -0.05) is 0 Å². The lowest BCUT2D eigenvalue weighted by molar-refractivity contribution is 0.127. The number of nitrogens with zero attached hydrogens (tertiary/aromatic N) is 3. The van der Waals surface area contributed by atoms with Crippen molar-refractivity contribution in [1.29, 1.82) is 0 Å². The van der Waals surface area contributed by atoms with Gasteiger partial charge in [0, 0.05) is 67.5 Å². The number of aromatic nitrogens is 2. The van der Waals surface area contributed by atoms with Gasteiger partial charge in [-0.3, -0.25) is 9.69 Å². The maximum Gasteiger partial charge on any atom is 0.321 e. The predicted octanol–water partition coefficient (Wildman–Crippen LogP) is 3.38. The van der Waals surface area contributed by atoms with Crippen molar-refractivity contribution in [1.82, 2.24) is 19.8 Å². The molecule has 0 atom stereocenters. The molecule has 0 spiro atoms. The summed E-state index contributed by atoms with van der Waals surface area (Å²) in [6.07, 6.45) is 1.38. The van der Waals surface area contributed by atoms with Crippen LogP contribution < -0.4 is 16.2 Å². The minimum Gasteiger partial charge on any atom is -0.395 e. The van der Waals surface area contributed by atoms with E-state index in [0.717, 1.165) is 0 Å². The lowest BCUT2D eigenvalue weighted by Crippen LogP contribution is -2.50. The Kier molecular flexibility index (Phi) is 6.68. The summed E-state index contributed by atoms with van der Waals surface area (Å²) in [5, 5.41) is 15.4. The van der Waals surface area contributed by atoms with Crippen LogP contribution in [0.4, 0.5) is 35.2 Å². The third-order valence-electron chi connectivity index (χ3n) is 6.29. The molecule has 37 heavy (non-hydrogen) atoms. The Balaban J connectivity index is 1.48. The molecule has 0 saturated carbocycles. The molecule has 5 rings (SSSR count). The number of hydrogen-bond donors (Lipinski definition) is 4. The van der Waals surface area contributed by atoms with Crippen LogP contribution in [-0.2, 0) is 0 Å². The first kappa shape index (κ1) is 24.5. The fourth-order valence-corrected chi connectivity index (χ4v) is 4.43. The third kappa shape index (κ3) is 4.93. The van der Waals surface area contributed by atoms with Crippen LogP contribution in [0.25, 0.3) is 21.7 Å². The van der Waals surface area contributed by atoms with Crippen LogP contribution in [0, 0.1) is 17.5 Å². The number of carbonyl (C=O) groups excluding carboxylic acids is 1.